The largest absolute Gasteiger partial charge is 0.481 e. The number of carboxylic acid groups (broad SMARTS) is 2. The van der Waals surface area contributed by atoms with Gasteiger partial charge in [0.2, 0.25) is 11.8 Å². The fourth-order valence-corrected chi connectivity index (χ4v) is 2.63. The third kappa shape index (κ3) is 6.37. The molecule has 1 aromatic rings. The van der Waals surface area contributed by atoms with Crippen molar-refractivity contribution in [2.24, 2.45) is 5.92 Å². The second-order valence-electron chi connectivity index (χ2n) is 7.52. The Morgan fingerprint density at radius 3 is 2.04 bits per heavy atom. The summed E-state index contributed by atoms with van der Waals surface area (Å²) in [5.41, 5.74) is -0.121. The van der Waals surface area contributed by atoms with E-state index in [9.17, 15) is 24.3 Å². The highest BCUT2D eigenvalue weighted by Crippen LogP contribution is 2.23. The molecule has 0 bridgehead atoms. The maximum atomic E-state index is 12.8. The Hall–Kier alpha value is -2.90. The van der Waals surface area contributed by atoms with Crippen LogP contribution in [0, 0.1) is 5.92 Å². The molecule has 8 nitrogen and oxygen atoms in total. The van der Waals surface area contributed by atoms with E-state index in [-0.39, 0.29) is 18.2 Å². The molecule has 0 saturated carbocycles. The summed E-state index contributed by atoms with van der Waals surface area (Å²) in [7, 11) is 0. The molecule has 0 aliphatic heterocycles. The maximum absolute atomic E-state index is 12.8. The Bertz CT molecular complexity index is 715. The monoisotopic (exact) mass is 392 g/mol. The number of hydrogen-bond donors (Lipinski definition) is 4. The van der Waals surface area contributed by atoms with Crippen molar-refractivity contribution in [3.05, 3.63) is 35.9 Å². The molecule has 1 aromatic carbocycles. The van der Waals surface area contributed by atoms with Crippen LogP contribution < -0.4 is 10.6 Å². The van der Waals surface area contributed by atoms with E-state index in [1.54, 1.807) is 27.7 Å². The van der Waals surface area contributed by atoms with Gasteiger partial charge < -0.3 is 20.8 Å². The van der Waals surface area contributed by atoms with E-state index in [1.807, 2.05) is 30.3 Å². The van der Waals surface area contributed by atoms with E-state index in [0.717, 1.165) is 5.56 Å². The summed E-state index contributed by atoms with van der Waals surface area (Å²) in [5.74, 6) is -3.81. The zero-order valence-corrected chi connectivity index (χ0v) is 16.6. The van der Waals surface area contributed by atoms with Gasteiger partial charge in [-0.3, -0.25) is 14.4 Å². The first-order valence-corrected chi connectivity index (χ1v) is 9.08. The molecule has 4 N–H and O–H groups in total. The maximum Gasteiger partial charge on any atom is 0.326 e. The van der Waals surface area contributed by atoms with E-state index in [0.29, 0.717) is 0 Å². The molecule has 0 aliphatic carbocycles. The van der Waals surface area contributed by atoms with Gasteiger partial charge >= 0.3 is 11.9 Å². The molecule has 0 fully saturated rings. The molecular weight excluding hydrogens is 364 g/mol. The number of nitrogens with one attached hydrogen (secondary N) is 2. The summed E-state index contributed by atoms with van der Waals surface area (Å²) in [6, 6.07) is 6.80. The van der Waals surface area contributed by atoms with Crippen LogP contribution in [-0.4, -0.2) is 46.0 Å². The molecule has 0 aromatic heterocycles. The summed E-state index contributed by atoms with van der Waals surface area (Å²) in [4.78, 5) is 47.4. The summed E-state index contributed by atoms with van der Waals surface area (Å²) >= 11 is 0. The van der Waals surface area contributed by atoms with E-state index < -0.39 is 41.8 Å². The second kappa shape index (κ2) is 9.87. The second-order valence-corrected chi connectivity index (χ2v) is 7.52. The quantitative estimate of drug-likeness (QED) is 0.477. The summed E-state index contributed by atoms with van der Waals surface area (Å²) < 4.78 is 0. The van der Waals surface area contributed by atoms with Gasteiger partial charge in [0.1, 0.15) is 12.1 Å². The third-order valence-electron chi connectivity index (χ3n) is 4.56. The zero-order valence-electron chi connectivity index (χ0n) is 16.6. The number of carbonyl (C=O) groups is 4. The predicted octanol–water partition coefficient (Wildman–Crippen LogP) is 1.54. The smallest absolute Gasteiger partial charge is 0.326 e. The number of benzene rings is 1. The number of rotatable bonds is 10. The van der Waals surface area contributed by atoms with Gasteiger partial charge in [-0.2, -0.15) is 0 Å². The summed E-state index contributed by atoms with van der Waals surface area (Å²) in [5, 5.41) is 23.0. The van der Waals surface area contributed by atoms with Crippen LogP contribution in [0.25, 0.3) is 0 Å². The molecule has 8 heteroatoms. The highest BCUT2D eigenvalue weighted by atomic mass is 16.4. The van der Waals surface area contributed by atoms with Gasteiger partial charge in [-0.1, -0.05) is 44.2 Å². The van der Waals surface area contributed by atoms with Gasteiger partial charge in [0.15, 0.2) is 0 Å². The topological polar surface area (TPSA) is 133 Å². The number of carboxylic acids is 2. The molecule has 28 heavy (non-hydrogen) atoms. The highest BCUT2D eigenvalue weighted by molar-refractivity contribution is 5.94. The Morgan fingerprint density at radius 2 is 1.57 bits per heavy atom. The summed E-state index contributed by atoms with van der Waals surface area (Å²) in [6.45, 7) is 6.93. The first-order valence-electron chi connectivity index (χ1n) is 9.08. The van der Waals surface area contributed by atoms with Crippen molar-refractivity contribution < 1.29 is 29.4 Å². The molecule has 0 unspecified atom stereocenters. The van der Waals surface area contributed by atoms with Gasteiger partial charge in [-0.15, -0.1) is 0 Å². The van der Waals surface area contributed by atoms with Crippen LogP contribution in [-0.2, 0) is 24.6 Å². The van der Waals surface area contributed by atoms with Crippen molar-refractivity contribution in [2.75, 3.05) is 0 Å². The molecule has 2 atom stereocenters. The first kappa shape index (κ1) is 23.1. The van der Waals surface area contributed by atoms with Crippen LogP contribution >= 0.6 is 0 Å². The molecule has 154 valence electrons. The van der Waals surface area contributed by atoms with Crippen molar-refractivity contribution >= 4 is 23.8 Å². The van der Waals surface area contributed by atoms with Crippen molar-refractivity contribution in [3.8, 4) is 0 Å². The minimum absolute atomic E-state index is 0.245. The van der Waals surface area contributed by atoms with E-state index in [4.69, 9.17) is 5.11 Å². The minimum atomic E-state index is -1.34. The lowest BCUT2D eigenvalue weighted by atomic mass is 9.83. The molecular formula is C20H28N2O6. The molecule has 0 heterocycles. The molecule has 0 radical (unpaired) electrons. The number of aliphatic carboxylic acids is 2. The zero-order chi connectivity index (χ0) is 21.5. The number of carbonyl (C=O) groups excluding carboxylic acids is 2. The minimum Gasteiger partial charge on any atom is -0.481 e. The van der Waals surface area contributed by atoms with E-state index >= 15 is 0 Å². The highest BCUT2D eigenvalue weighted by Gasteiger charge is 2.35. The average molecular weight is 392 g/mol. The van der Waals surface area contributed by atoms with Crippen LogP contribution in [0.4, 0.5) is 0 Å². The molecule has 0 saturated heterocycles. The lowest BCUT2D eigenvalue weighted by Gasteiger charge is -2.29. The lowest BCUT2D eigenvalue weighted by Crippen LogP contribution is -2.56. The Balaban J connectivity index is 2.91. The van der Waals surface area contributed by atoms with Crippen LogP contribution in [0.15, 0.2) is 30.3 Å². The average Bonchev–Trinajstić information content (AvgIpc) is 2.62. The molecule has 1 rings (SSSR count). The summed E-state index contributed by atoms with van der Waals surface area (Å²) in [6.07, 6.45) is -0.637. The van der Waals surface area contributed by atoms with E-state index in [2.05, 4.69) is 10.6 Å². The molecule has 0 aliphatic rings. The fourth-order valence-electron chi connectivity index (χ4n) is 2.63. The van der Waals surface area contributed by atoms with Gasteiger partial charge in [-0.25, -0.2) is 4.79 Å². The SMILES string of the molecule is CC(C)[C@H](NC(=O)C(C)(C)c1ccccc1)C(=O)N[C@H](CCC(=O)O)C(=O)O. The molecule has 2 amide bonds. The van der Waals surface area contributed by atoms with Gasteiger partial charge in [0, 0.05) is 6.42 Å². The fraction of sp³-hybridized carbons (Fsp3) is 0.500. The van der Waals surface area contributed by atoms with E-state index in [1.165, 1.54) is 0 Å². The first-order chi connectivity index (χ1) is 13.0. The van der Waals surface area contributed by atoms with Gasteiger partial charge in [-0.05, 0) is 31.7 Å². The third-order valence-corrected chi connectivity index (χ3v) is 4.56. The van der Waals surface area contributed by atoms with Crippen molar-refractivity contribution in [2.45, 2.75) is 58.0 Å². The predicted molar refractivity (Wildman–Crippen MR) is 103 cm³/mol. The van der Waals surface area contributed by atoms with Crippen LogP contribution in [0.5, 0.6) is 0 Å². The standard InChI is InChI=1S/C20H28N2O6/c1-12(2)16(17(25)21-14(18(26)27)10-11-15(23)24)22-19(28)20(3,4)13-8-6-5-7-9-13/h5-9,12,14,16H,10-11H2,1-4H3,(H,21,25)(H,22,28)(H,23,24)(H,26,27)/t14-,16+/m1/s1. The van der Waals surface area contributed by atoms with Crippen molar-refractivity contribution in [3.63, 3.8) is 0 Å². The van der Waals surface area contributed by atoms with Crippen molar-refractivity contribution in [1.29, 1.82) is 0 Å². The van der Waals surface area contributed by atoms with Gasteiger partial charge in [0.05, 0.1) is 5.41 Å². The lowest BCUT2D eigenvalue weighted by molar-refractivity contribution is -0.143. The Morgan fingerprint density at radius 1 is 1.00 bits per heavy atom. The molecule has 0 spiro atoms. The Labute approximate surface area is 164 Å². The number of hydrogen-bond acceptors (Lipinski definition) is 4. The van der Waals surface area contributed by atoms with Crippen molar-refractivity contribution in [1.82, 2.24) is 10.6 Å². The van der Waals surface area contributed by atoms with Crippen LogP contribution in [0.2, 0.25) is 0 Å². The normalized spacial score (nSPS) is 13.5. The number of amides is 2. The van der Waals surface area contributed by atoms with Gasteiger partial charge in [0.25, 0.3) is 0 Å². The van der Waals surface area contributed by atoms with Crippen LogP contribution in [0.3, 0.4) is 0 Å². The van der Waals surface area contributed by atoms with Crippen LogP contribution in [0.1, 0.15) is 46.1 Å². The Kier molecular flexibility index (Phi) is 8.16.